The molecule has 0 aliphatic rings. The fourth-order valence-electron chi connectivity index (χ4n) is 3.25. The largest absolute Gasteiger partial charge is 0.452 e. The van der Waals surface area contributed by atoms with Crippen molar-refractivity contribution in [3.8, 4) is 0 Å². The number of hydrogen-bond acceptors (Lipinski definition) is 4. The van der Waals surface area contributed by atoms with Gasteiger partial charge in [0, 0.05) is 17.0 Å². The van der Waals surface area contributed by atoms with E-state index < -0.39 is 18.1 Å². The number of H-pyrrole nitrogens is 1. The fraction of sp³-hybridized carbons (Fsp3) is 0.261. The van der Waals surface area contributed by atoms with Crippen LogP contribution in [0.1, 0.15) is 42.2 Å². The molecule has 0 bridgehead atoms. The second-order valence-electron chi connectivity index (χ2n) is 7.33. The Morgan fingerprint density at radius 1 is 1.03 bits per heavy atom. The average molecular weight is 392 g/mol. The van der Waals surface area contributed by atoms with Crippen molar-refractivity contribution in [1.29, 1.82) is 0 Å². The van der Waals surface area contributed by atoms with E-state index in [1.165, 1.54) is 6.07 Å². The van der Waals surface area contributed by atoms with Crippen LogP contribution in [0.25, 0.3) is 10.9 Å². The third-order valence-electron chi connectivity index (χ3n) is 4.55. The summed E-state index contributed by atoms with van der Waals surface area (Å²) in [6.07, 6.45) is 0.766. The molecule has 1 aromatic heterocycles. The molecule has 0 fully saturated rings. The van der Waals surface area contributed by atoms with E-state index in [1.54, 1.807) is 24.3 Å². The maximum Gasteiger partial charge on any atom is 0.339 e. The zero-order valence-electron chi connectivity index (χ0n) is 16.5. The highest BCUT2D eigenvalue weighted by molar-refractivity contribution is 6.03. The second kappa shape index (κ2) is 9.19. The minimum absolute atomic E-state index is 0.138. The first kappa shape index (κ1) is 20.3. The summed E-state index contributed by atoms with van der Waals surface area (Å²) in [5, 5.41) is 3.50. The van der Waals surface area contributed by atoms with E-state index in [9.17, 15) is 14.4 Å². The highest BCUT2D eigenvalue weighted by Crippen LogP contribution is 2.21. The number of nitrogens with one attached hydrogen (secondary N) is 2. The Morgan fingerprint density at radius 2 is 1.72 bits per heavy atom. The van der Waals surface area contributed by atoms with E-state index >= 15 is 0 Å². The number of carbonyl (C=O) groups excluding carboxylic acids is 2. The number of fused-ring (bicyclic) bond motifs is 1. The van der Waals surface area contributed by atoms with Crippen LogP contribution in [0.5, 0.6) is 0 Å². The van der Waals surface area contributed by atoms with Gasteiger partial charge in [-0.05, 0) is 24.0 Å². The van der Waals surface area contributed by atoms with Gasteiger partial charge in [0.1, 0.15) is 0 Å². The number of carbonyl (C=O) groups is 2. The molecule has 1 atom stereocenters. The van der Waals surface area contributed by atoms with Crippen LogP contribution in [0.15, 0.2) is 65.5 Å². The van der Waals surface area contributed by atoms with Crippen molar-refractivity contribution in [2.24, 2.45) is 5.92 Å². The smallest absolute Gasteiger partial charge is 0.339 e. The van der Waals surface area contributed by atoms with Crippen molar-refractivity contribution in [2.45, 2.75) is 26.3 Å². The summed E-state index contributed by atoms with van der Waals surface area (Å²) >= 11 is 0. The van der Waals surface area contributed by atoms with Gasteiger partial charge in [-0.3, -0.25) is 9.59 Å². The molecule has 29 heavy (non-hydrogen) atoms. The first-order valence-corrected chi connectivity index (χ1v) is 9.57. The van der Waals surface area contributed by atoms with Gasteiger partial charge in [0.2, 0.25) is 5.56 Å². The molecular formula is C23H24N2O4. The molecule has 3 rings (SSSR count). The Bertz CT molecular complexity index is 1060. The van der Waals surface area contributed by atoms with E-state index in [0.29, 0.717) is 16.8 Å². The van der Waals surface area contributed by atoms with Gasteiger partial charge in [-0.1, -0.05) is 62.4 Å². The SMILES string of the molecule is CC(C)CC(NC(=O)COC(=O)c1cc(=O)[nH]c2ccccc12)c1ccccc1. The van der Waals surface area contributed by atoms with E-state index in [0.717, 1.165) is 12.0 Å². The lowest BCUT2D eigenvalue weighted by Crippen LogP contribution is -2.33. The molecule has 2 N–H and O–H groups in total. The zero-order valence-corrected chi connectivity index (χ0v) is 16.5. The molecule has 0 aliphatic heterocycles. The monoisotopic (exact) mass is 392 g/mol. The first-order valence-electron chi connectivity index (χ1n) is 9.57. The van der Waals surface area contributed by atoms with E-state index in [1.807, 2.05) is 30.3 Å². The summed E-state index contributed by atoms with van der Waals surface area (Å²) in [4.78, 5) is 39.4. The molecule has 0 radical (unpaired) electrons. The lowest BCUT2D eigenvalue weighted by Gasteiger charge is -2.21. The van der Waals surface area contributed by atoms with Gasteiger partial charge in [0.15, 0.2) is 6.61 Å². The third-order valence-corrected chi connectivity index (χ3v) is 4.55. The minimum Gasteiger partial charge on any atom is -0.452 e. The number of ether oxygens (including phenoxy) is 1. The lowest BCUT2D eigenvalue weighted by atomic mass is 9.97. The molecule has 0 aliphatic carbocycles. The van der Waals surface area contributed by atoms with Gasteiger partial charge < -0.3 is 15.0 Å². The Balaban J connectivity index is 1.68. The number of amides is 1. The number of benzene rings is 2. The fourth-order valence-corrected chi connectivity index (χ4v) is 3.25. The van der Waals surface area contributed by atoms with Gasteiger partial charge in [0.05, 0.1) is 11.6 Å². The molecule has 0 spiro atoms. The Kier molecular flexibility index (Phi) is 6.44. The van der Waals surface area contributed by atoms with Crippen LogP contribution in [0.2, 0.25) is 0 Å². The van der Waals surface area contributed by atoms with Crippen LogP contribution in [-0.4, -0.2) is 23.5 Å². The maximum atomic E-state index is 12.5. The van der Waals surface area contributed by atoms with Gasteiger partial charge in [-0.25, -0.2) is 4.79 Å². The summed E-state index contributed by atoms with van der Waals surface area (Å²) in [6.45, 7) is 3.75. The topological polar surface area (TPSA) is 88.3 Å². The summed E-state index contributed by atoms with van der Waals surface area (Å²) in [5.74, 6) is -0.713. The van der Waals surface area contributed by atoms with Crippen molar-refractivity contribution < 1.29 is 14.3 Å². The quantitative estimate of drug-likeness (QED) is 0.602. The highest BCUT2D eigenvalue weighted by atomic mass is 16.5. The van der Waals surface area contributed by atoms with Crippen molar-refractivity contribution in [1.82, 2.24) is 10.3 Å². The van der Waals surface area contributed by atoms with Crippen LogP contribution in [0, 0.1) is 5.92 Å². The summed E-state index contributed by atoms with van der Waals surface area (Å²) < 4.78 is 5.19. The van der Waals surface area contributed by atoms with Crippen molar-refractivity contribution in [2.75, 3.05) is 6.61 Å². The average Bonchev–Trinajstić information content (AvgIpc) is 2.71. The van der Waals surface area contributed by atoms with Gasteiger partial charge in [-0.2, -0.15) is 0 Å². The number of rotatable bonds is 7. The molecule has 0 saturated carbocycles. The predicted molar refractivity (Wildman–Crippen MR) is 112 cm³/mol. The van der Waals surface area contributed by atoms with Gasteiger partial charge >= 0.3 is 5.97 Å². The maximum absolute atomic E-state index is 12.5. The molecule has 0 saturated heterocycles. The molecule has 6 nitrogen and oxygen atoms in total. The lowest BCUT2D eigenvalue weighted by molar-refractivity contribution is -0.125. The summed E-state index contributed by atoms with van der Waals surface area (Å²) in [7, 11) is 0. The van der Waals surface area contributed by atoms with E-state index in [4.69, 9.17) is 4.74 Å². The van der Waals surface area contributed by atoms with E-state index in [2.05, 4.69) is 24.1 Å². The van der Waals surface area contributed by atoms with Crippen molar-refractivity contribution in [3.05, 3.63) is 82.1 Å². The summed E-state index contributed by atoms with van der Waals surface area (Å²) in [5.41, 5.74) is 1.28. The molecule has 1 unspecified atom stereocenters. The number of pyridine rings is 1. The van der Waals surface area contributed by atoms with Crippen LogP contribution in [0.4, 0.5) is 0 Å². The molecule has 3 aromatic rings. The first-order chi connectivity index (χ1) is 13.9. The predicted octanol–water partition coefficient (Wildman–Crippen LogP) is 3.59. The molecular weight excluding hydrogens is 368 g/mol. The number of hydrogen-bond donors (Lipinski definition) is 2. The number of esters is 1. The zero-order chi connectivity index (χ0) is 20.8. The number of para-hydroxylation sites is 1. The Hall–Kier alpha value is -3.41. The second-order valence-corrected chi connectivity index (χ2v) is 7.33. The van der Waals surface area contributed by atoms with E-state index in [-0.39, 0.29) is 17.5 Å². The standard InChI is InChI=1S/C23H24N2O4/c1-15(2)12-20(16-8-4-3-5-9-16)25-22(27)14-29-23(28)18-13-21(26)24-19-11-7-6-10-17(18)19/h3-11,13,15,20H,12,14H2,1-2H3,(H,24,26)(H,25,27). The highest BCUT2D eigenvalue weighted by Gasteiger charge is 2.18. The van der Waals surface area contributed by atoms with Gasteiger partial charge in [0.25, 0.3) is 5.91 Å². The van der Waals surface area contributed by atoms with Gasteiger partial charge in [-0.15, -0.1) is 0 Å². The van der Waals surface area contributed by atoms with Crippen molar-refractivity contribution >= 4 is 22.8 Å². The third kappa shape index (κ3) is 5.31. The van der Waals surface area contributed by atoms with Crippen LogP contribution >= 0.6 is 0 Å². The van der Waals surface area contributed by atoms with Crippen molar-refractivity contribution in [3.63, 3.8) is 0 Å². The summed E-state index contributed by atoms with van der Waals surface area (Å²) in [6, 6.07) is 17.7. The van der Waals surface area contributed by atoms with Crippen LogP contribution < -0.4 is 10.9 Å². The Labute approximate surface area is 168 Å². The van der Waals surface area contributed by atoms with Crippen LogP contribution in [-0.2, 0) is 9.53 Å². The molecule has 1 heterocycles. The number of aromatic nitrogens is 1. The normalized spacial score (nSPS) is 12.0. The minimum atomic E-state index is -0.706. The van der Waals surface area contributed by atoms with Crippen LogP contribution in [0.3, 0.4) is 0 Å². The molecule has 6 heteroatoms. The molecule has 150 valence electrons. The number of aromatic amines is 1. The Morgan fingerprint density at radius 3 is 2.45 bits per heavy atom. The molecule has 2 aromatic carbocycles. The molecule has 1 amide bonds.